The predicted molar refractivity (Wildman–Crippen MR) is 104 cm³/mol. The highest BCUT2D eigenvalue weighted by Crippen LogP contribution is 2.26. The number of hydrogen-bond acceptors (Lipinski definition) is 5. The molecule has 134 valence electrons. The smallest absolute Gasteiger partial charge is 0.287 e. The molecule has 0 aliphatic heterocycles. The first-order valence-corrected chi connectivity index (χ1v) is 8.27. The van der Waals surface area contributed by atoms with E-state index in [-0.39, 0.29) is 5.69 Å². The molecule has 0 amide bonds. The minimum absolute atomic E-state index is 0.0278. The van der Waals surface area contributed by atoms with E-state index in [1.54, 1.807) is 13.2 Å². The number of hydrogen-bond donors (Lipinski definition) is 1. The third-order valence-corrected chi connectivity index (χ3v) is 4.24. The summed E-state index contributed by atoms with van der Waals surface area (Å²) in [7, 11) is 1.64. The van der Waals surface area contributed by atoms with Crippen molar-refractivity contribution in [3.63, 3.8) is 0 Å². The van der Waals surface area contributed by atoms with Gasteiger partial charge in [0, 0.05) is 35.1 Å². The Labute approximate surface area is 155 Å². The van der Waals surface area contributed by atoms with Crippen molar-refractivity contribution in [3.05, 3.63) is 83.2 Å². The van der Waals surface area contributed by atoms with Gasteiger partial charge < -0.3 is 14.6 Å². The molecule has 0 bridgehead atoms. The summed E-state index contributed by atoms with van der Waals surface area (Å²) in [6.07, 6.45) is 3.16. The Hall–Kier alpha value is -3.87. The number of rotatable bonds is 5. The van der Waals surface area contributed by atoms with Crippen LogP contribution in [-0.2, 0) is 0 Å². The highest BCUT2D eigenvalue weighted by atomic mass is 16.6. The average molecular weight is 360 g/mol. The summed E-state index contributed by atoms with van der Waals surface area (Å²) in [5.74, 6) is 1.42. The molecule has 4 aromatic rings. The highest BCUT2D eigenvalue weighted by Gasteiger charge is 2.09. The lowest BCUT2D eigenvalue weighted by Crippen LogP contribution is -1.97. The molecule has 27 heavy (non-hydrogen) atoms. The zero-order chi connectivity index (χ0) is 18.8. The largest absolute Gasteiger partial charge is 0.497 e. The van der Waals surface area contributed by atoms with Gasteiger partial charge in [0.1, 0.15) is 17.8 Å². The van der Waals surface area contributed by atoms with Gasteiger partial charge in [-0.1, -0.05) is 6.07 Å². The summed E-state index contributed by atoms with van der Waals surface area (Å²) in [5.41, 5.74) is 2.82. The maximum Gasteiger partial charge on any atom is 0.287 e. The first-order chi connectivity index (χ1) is 13.1. The molecule has 2 heterocycles. The Kier molecular flexibility index (Phi) is 4.18. The fourth-order valence-electron chi connectivity index (χ4n) is 2.92. The SMILES string of the molecule is COc1cccc(Nc2ccc3c(ccn3-c3ccc([N+](=O)[O-])cn3)c2)c1. The van der Waals surface area contributed by atoms with Crippen molar-refractivity contribution in [2.45, 2.75) is 0 Å². The van der Waals surface area contributed by atoms with Gasteiger partial charge in [0.15, 0.2) is 0 Å². The minimum atomic E-state index is -0.457. The molecule has 0 aliphatic carbocycles. The third-order valence-electron chi connectivity index (χ3n) is 4.24. The first kappa shape index (κ1) is 16.6. The van der Waals surface area contributed by atoms with Gasteiger partial charge in [0.2, 0.25) is 0 Å². The van der Waals surface area contributed by atoms with Gasteiger partial charge in [0.05, 0.1) is 17.5 Å². The van der Waals surface area contributed by atoms with E-state index in [1.165, 1.54) is 12.3 Å². The molecule has 1 N–H and O–H groups in total. The summed E-state index contributed by atoms with van der Waals surface area (Å²) in [6.45, 7) is 0. The van der Waals surface area contributed by atoms with E-state index in [0.29, 0.717) is 5.82 Å². The average Bonchev–Trinajstić information content (AvgIpc) is 3.11. The Morgan fingerprint density at radius 3 is 2.67 bits per heavy atom. The third kappa shape index (κ3) is 3.30. The number of fused-ring (bicyclic) bond motifs is 1. The van der Waals surface area contributed by atoms with Crippen molar-refractivity contribution in [3.8, 4) is 11.6 Å². The fraction of sp³-hybridized carbons (Fsp3) is 0.0500. The molecular formula is C20H16N4O3. The molecule has 0 aliphatic rings. The normalized spacial score (nSPS) is 10.7. The van der Waals surface area contributed by atoms with Crippen LogP contribution in [0.2, 0.25) is 0 Å². The Bertz CT molecular complexity index is 1120. The zero-order valence-electron chi connectivity index (χ0n) is 14.5. The van der Waals surface area contributed by atoms with Crippen LogP contribution in [0.15, 0.2) is 73.1 Å². The van der Waals surface area contributed by atoms with Crippen LogP contribution in [0.25, 0.3) is 16.7 Å². The van der Waals surface area contributed by atoms with Crippen LogP contribution in [0.4, 0.5) is 17.1 Å². The number of nitro groups is 1. The zero-order valence-corrected chi connectivity index (χ0v) is 14.5. The summed E-state index contributed by atoms with van der Waals surface area (Å²) >= 11 is 0. The van der Waals surface area contributed by atoms with Gasteiger partial charge in [-0.15, -0.1) is 0 Å². The Balaban J connectivity index is 1.64. The fourth-order valence-corrected chi connectivity index (χ4v) is 2.92. The summed E-state index contributed by atoms with van der Waals surface area (Å²) in [4.78, 5) is 14.5. The van der Waals surface area contributed by atoms with Crippen LogP contribution in [0.3, 0.4) is 0 Å². The molecule has 2 aromatic heterocycles. The summed E-state index contributed by atoms with van der Waals surface area (Å²) in [5, 5.41) is 15.2. The van der Waals surface area contributed by atoms with Gasteiger partial charge in [-0.05, 0) is 42.5 Å². The van der Waals surface area contributed by atoms with Crippen LogP contribution in [0.1, 0.15) is 0 Å². The lowest BCUT2D eigenvalue weighted by Gasteiger charge is -2.09. The van der Waals surface area contributed by atoms with Crippen molar-refractivity contribution in [2.75, 3.05) is 12.4 Å². The molecule has 7 nitrogen and oxygen atoms in total. The second-order valence-electron chi connectivity index (χ2n) is 5.95. The predicted octanol–water partition coefficient (Wildman–Crippen LogP) is 4.69. The van der Waals surface area contributed by atoms with Crippen LogP contribution in [0.5, 0.6) is 5.75 Å². The molecule has 4 rings (SSSR count). The second kappa shape index (κ2) is 6.80. The van der Waals surface area contributed by atoms with E-state index in [4.69, 9.17) is 4.74 Å². The Morgan fingerprint density at radius 2 is 1.93 bits per heavy atom. The van der Waals surface area contributed by atoms with Crippen molar-refractivity contribution in [1.82, 2.24) is 9.55 Å². The number of aromatic nitrogens is 2. The number of nitrogens with one attached hydrogen (secondary N) is 1. The van der Waals surface area contributed by atoms with Crippen LogP contribution in [0, 0.1) is 10.1 Å². The number of pyridine rings is 1. The van der Waals surface area contributed by atoms with Crippen LogP contribution in [-0.4, -0.2) is 21.6 Å². The lowest BCUT2D eigenvalue weighted by atomic mass is 10.2. The number of ether oxygens (including phenoxy) is 1. The lowest BCUT2D eigenvalue weighted by molar-refractivity contribution is -0.385. The van der Waals surface area contributed by atoms with E-state index >= 15 is 0 Å². The van der Waals surface area contributed by atoms with Crippen LogP contribution < -0.4 is 10.1 Å². The number of nitrogens with zero attached hydrogens (tertiary/aromatic N) is 3. The van der Waals surface area contributed by atoms with Gasteiger partial charge in [-0.2, -0.15) is 0 Å². The molecule has 0 fully saturated rings. The van der Waals surface area contributed by atoms with E-state index in [2.05, 4.69) is 10.3 Å². The van der Waals surface area contributed by atoms with Crippen molar-refractivity contribution in [1.29, 1.82) is 0 Å². The molecule has 0 unspecified atom stereocenters. The van der Waals surface area contributed by atoms with Crippen LogP contribution >= 0.6 is 0 Å². The van der Waals surface area contributed by atoms with E-state index < -0.39 is 4.92 Å². The van der Waals surface area contributed by atoms with Crippen molar-refractivity contribution >= 4 is 28.0 Å². The first-order valence-electron chi connectivity index (χ1n) is 8.27. The summed E-state index contributed by atoms with van der Waals surface area (Å²) in [6, 6.07) is 18.8. The van der Waals surface area contributed by atoms with Gasteiger partial charge >= 0.3 is 0 Å². The molecular weight excluding hydrogens is 344 g/mol. The van der Waals surface area contributed by atoms with Gasteiger partial charge in [-0.3, -0.25) is 10.1 Å². The molecule has 0 radical (unpaired) electrons. The van der Waals surface area contributed by atoms with Crippen molar-refractivity contribution in [2.24, 2.45) is 0 Å². The quantitative estimate of drug-likeness (QED) is 0.412. The maximum absolute atomic E-state index is 10.8. The topological polar surface area (TPSA) is 82.2 Å². The second-order valence-corrected chi connectivity index (χ2v) is 5.95. The molecule has 0 spiro atoms. The maximum atomic E-state index is 10.8. The number of benzene rings is 2. The number of methoxy groups -OCH3 is 1. The molecule has 0 atom stereocenters. The summed E-state index contributed by atoms with van der Waals surface area (Å²) < 4.78 is 7.14. The number of anilines is 2. The molecule has 0 saturated carbocycles. The molecule has 2 aromatic carbocycles. The standard InChI is InChI=1S/C20H16N4O3/c1-27-18-4-2-3-15(12-18)22-16-5-7-19-14(11-16)9-10-23(19)20-8-6-17(13-21-20)24(25)26/h2-13,22H,1H3. The Morgan fingerprint density at radius 1 is 1.07 bits per heavy atom. The molecule has 7 heteroatoms. The monoisotopic (exact) mass is 360 g/mol. The van der Waals surface area contributed by atoms with E-state index in [1.807, 2.05) is 59.3 Å². The molecule has 0 saturated heterocycles. The highest BCUT2D eigenvalue weighted by molar-refractivity contribution is 5.86. The minimum Gasteiger partial charge on any atom is -0.497 e. The van der Waals surface area contributed by atoms with E-state index in [9.17, 15) is 10.1 Å². The van der Waals surface area contributed by atoms with Gasteiger partial charge in [-0.25, -0.2) is 4.98 Å². The van der Waals surface area contributed by atoms with Gasteiger partial charge in [0.25, 0.3) is 5.69 Å². The van der Waals surface area contributed by atoms with Crippen molar-refractivity contribution < 1.29 is 9.66 Å². The van der Waals surface area contributed by atoms with E-state index in [0.717, 1.165) is 28.0 Å².